The third-order valence-corrected chi connectivity index (χ3v) is 4.96. The van der Waals surface area contributed by atoms with Crippen molar-refractivity contribution in [2.45, 2.75) is 13.3 Å². The van der Waals surface area contributed by atoms with Crippen LogP contribution in [-0.4, -0.2) is 23.5 Å². The number of hydrogen-bond donors (Lipinski definition) is 2. The molecule has 0 atom stereocenters. The zero-order valence-corrected chi connectivity index (χ0v) is 16.6. The molecule has 0 aliphatic carbocycles. The van der Waals surface area contributed by atoms with Gasteiger partial charge >= 0.3 is 5.97 Å². The van der Waals surface area contributed by atoms with Gasteiger partial charge in [0.15, 0.2) is 6.61 Å². The van der Waals surface area contributed by atoms with Crippen LogP contribution in [0.1, 0.15) is 27.2 Å². The minimum absolute atomic E-state index is 0.350. The minimum Gasteiger partial charge on any atom is -0.452 e. The molecule has 4 aromatic rings. The molecule has 4 rings (SSSR count). The lowest BCUT2D eigenvalue weighted by molar-refractivity contribution is -0.119. The van der Waals surface area contributed by atoms with Crippen molar-refractivity contribution in [2.24, 2.45) is 0 Å². The van der Waals surface area contributed by atoms with E-state index in [1.807, 2.05) is 85.8 Å². The van der Waals surface area contributed by atoms with Crippen molar-refractivity contribution >= 4 is 28.5 Å². The van der Waals surface area contributed by atoms with Gasteiger partial charge in [0.2, 0.25) is 0 Å². The van der Waals surface area contributed by atoms with Gasteiger partial charge in [-0.1, -0.05) is 66.7 Å². The fourth-order valence-electron chi connectivity index (χ4n) is 3.54. The van der Waals surface area contributed by atoms with Crippen LogP contribution in [-0.2, 0) is 16.0 Å². The number of ether oxygens (including phenoxy) is 1. The minimum atomic E-state index is -0.516. The molecular weight excluding hydrogens is 376 g/mol. The van der Waals surface area contributed by atoms with Crippen LogP contribution in [0.25, 0.3) is 10.9 Å². The summed E-state index contributed by atoms with van der Waals surface area (Å²) in [6.07, 6.45) is 0.700. The summed E-state index contributed by atoms with van der Waals surface area (Å²) in [6, 6.07) is 25.2. The Bertz CT molecular complexity index is 1200. The molecule has 2 N–H and O–H groups in total. The molecule has 0 unspecified atom stereocenters. The van der Waals surface area contributed by atoms with Crippen LogP contribution >= 0.6 is 0 Å². The first kappa shape index (κ1) is 19.5. The predicted octanol–water partition coefficient (Wildman–Crippen LogP) is 4.86. The molecule has 150 valence electrons. The highest BCUT2D eigenvalue weighted by molar-refractivity contribution is 6.06. The maximum Gasteiger partial charge on any atom is 0.341 e. The van der Waals surface area contributed by atoms with E-state index in [1.165, 1.54) is 0 Å². The van der Waals surface area contributed by atoms with Crippen molar-refractivity contribution < 1.29 is 14.3 Å². The second-order valence-corrected chi connectivity index (χ2v) is 7.11. The molecule has 0 aliphatic heterocycles. The largest absolute Gasteiger partial charge is 0.452 e. The molecular formula is C25H22N2O3. The lowest BCUT2D eigenvalue weighted by Gasteiger charge is -2.11. The first-order valence-corrected chi connectivity index (χ1v) is 9.78. The van der Waals surface area contributed by atoms with Crippen LogP contribution in [0.3, 0.4) is 0 Å². The fourth-order valence-corrected chi connectivity index (χ4v) is 3.54. The van der Waals surface area contributed by atoms with E-state index >= 15 is 0 Å². The van der Waals surface area contributed by atoms with E-state index in [1.54, 1.807) is 0 Å². The number of rotatable bonds is 6. The van der Waals surface area contributed by atoms with Crippen molar-refractivity contribution in [3.05, 3.63) is 101 Å². The number of benzene rings is 3. The average molecular weight is 398 g/mol. The summed E-state index contributed by atoms with van der Waals surface area (Å²) in [5.41, 5.74) is 4.90. The Kier molecular flexibility index (Phi) is 5.61. The molecule has 30 heavy (non-hydrogen) atoms. The number of carbonyl (C=O) groups excluding carboxylic acids is 2. The molecule has 0 saturated heterocycles. The Labute approximate surface area is 174 Å². The highest BCUT2D eigenvalue weighted by Gasteiger charge is 2.18. The molecule has 0 fully saturated rings. The Balaban J connectivity index is 1.42. The molecule has 1 amide bonds. The quantitative estimate of drug-likeness (QED) is 0.456. The van der Waals surface area contributed by atoms with Gasteiger partial charge in [-0.25, -0.2) is 4.79 Å². The molecule has 1 aromatic heterocycles. The van der Waals surface area contributed by atoms with Crippen molar-refractivity contribution in [1.82, 2.24) is 4.98 Å². The normalized spacial score (nSPS) is 10.7. The lowest BCUT2D eigenvalue weighted by Crippen LogP contribution is -2.21. The summed E-state index contributed by atoms with van der Waals surface area (Å²) in [5, 5.41) is 3.64. The number of nitrogens with one attached hydrogen (secondary N) is 2. The third-order valence-electron chi connectivity index (χ3n) is 4.96. The van der Waals surface area contributed by atoms with Crippen LogP contribution in [0.4, 0.5) is 5.69 Å². The number of para-hydroxylation sites is 2. The van der Waals surface area contributed by atoms with Crippen molar-refractivity contribution in [2.75, 3.05) is 11.9 Å². The van der Waals surface area contributed by atoms with E-state index in [-0.39, 0.29) is 12.5 Å². The summed E-state index contributed by atoms with van der Waals surface area (Å²) in [4.78, 5) is 28.2. The maximum absolute atomic E-state index is 12.6. The van der Waals surface area contributed by atoms with Crippen LogP contribution in [0.5, 0.6) is 0 Å². The Morgan fingerprint density at radius 2 is 1.60 bits per heavy atom. The Hall–Kier alpha value is -3.86. The van der Waals surface area contributed by atoms with Gasteiger partial charge < -0.3 is 15.0 Å². The summed E-state index contributed by atoms with van der Waals surface area (Å²) < 4.78 is 5.30. The zero-order chi connectivity index (χ0) is 20.9. The highest BCUT2D eigenvalue weighted by Crippen LogP contribution is 2.23. The molecule has 0 spiro atoms. The molecule has 5 heteroatoms. The van der Waals surface area contributed by atoms with Crippen molar-refractivity contribution in [1.29, 1.82) is 0 Å². The van der Waals surface area contributed by atoms with Gasteiger partial charge in [-0.2, -0.15) is 0 Å². The number of fused-ring (bicyclic) bond motifs is 1. The summed E-state index contributed by atoms with van der Waals surface area (Å²) in [7, 11) is 0. The number of esters is 1. The number of hydrogen-bond acceptors (Lipinski definition) is 3. The monoisotopic (exact) mass is 398 g/mol. The van der Waals surface area contributed by atoms with Crippen LogP contribution in [0.2, 0.25) is 0 Å². The van der Waals surface area contributed by atoms with Crippen molar-refractivity contribution in [3.63, 3.8) is 0 Å². The van der Waals surface area contributed by atoms with E-state index in [2.05, 4.69) is 10.3 Å². The van der Waals surface area contributed by atoms with E-state index in [4.69, 9.17) is 4.74 Å². The predicted molar refractivity (Wildman–Crippen MR) is 118 cm³/mol. The van der Waals surface area contributed by atoms with E-state index in [0.29, 0.717) is 17.7 Å². The third kappa shape index (κ3) is 4.25. The number of aryl methyl sites for hydroxylation is 1. The second kappa shape index (κ2) is 8.66. The number of amides is 1. The average Bonchev–Trinajstić information content (AvgIpc) is 3.10. The number of aromatic amines is 1. The van der Waals surface area contributed by atoms with Gasteiger partial charge in [0.05, 0.1) is 5.56 Å². The molecule has 1 heterocycles. The van der Waals surface area contributed by atoms with Gasteiger partial charge in [0, 0.05) is 22.3 Å². The molecule has 0 aliphatic rings. The van der Waals surface area contributed by atoms with Crippen LogP contribution < -0.4 is 5.32 Å². The van der Waals surface area contributed by atoms with Crippen LogP contribution in [0.15, 0.2) is 78.9 Å². The smallest absolute Gasteiger partial charge is 0.341 e. The fraction of sp³-hybridized carbons (Fsp3) is 0.120. The zero-order valence-electron chi connectivity index (χ0n) is 16.6. The first-order valence-electron chi connectivity index (χ1n) is 9.78. The number of anilines is 1. The molecule has 0 saturated carbocycles. The molecule has 5 nitrogen and oxygen atoms in total. The Morgan fingerprint density at radius 3 is 2.43 bits per heavy atom. The molecule has 3 aromatic carbocycles. The van der Waals surface area contributed by atoms with Gasteiger partial charge in [0.25, 0.3) is 5.91 Å². The maximum atomic E-state index is 12.6. The summed E-state index contributed by atoms with van der Waals surface area (Å²) in [6.45, 7) is 1.47. The van der Waals surface area contributed by atoms with Gasteiger partial charge in [0.1, 0.15) is 0 Å². The second-order valence-electron chi connectivity index (χ2n) is 7.11. The highest BCUT2D eigenvalue weighted by atomic mass is 16.5. The van der Waals surface area contributed by atoms with Crippen LogP contribution in [0, 0.1) is 6.92 Å². The Morgan fingerprint density at radius 1 is 0.900 bits per heavy atom. The number of carbonyl (C=O) groups is 2. The van der Waals surface area contributed by atoms with Gasteiger partial charge in [-0.15, -0.1) is 0 Å². The molecule has 0 bridgehead atoms. The topological polar surface area (TPSA) is 71.2 Å². The van der Waals surface area contributed by atoms with E-state index in [9.17, 15) is 9.59 Å². The first-order chi connectivity index (χ1) is 14.6. The lowest BCUT2D eigenvalue weighted by atomic mass is 10.0. The number of H-pyrrole nitrogens is 1. The van der Waals surface area contributed by atoms with Gasteiger partial charge in [-0.05, 0) is 36.6 Å². The van der Waals surface area contributed by atoms with E-state index in [0.717, 1.165) is 27.7 Å². The molecule has 0 radical (unpaired) electrons. The van der Waals surface area contributed by atoms with Crippen molar-refractivity contribution in [3.8, 4) is 0 Å². The van der Waals surface area contributed by atoms with Gasteiger partial charge in [-0.3, -0.25) is 4.79 Å². The number of aromatic nitrogens is 1. The van der Waals surface area contributed by atoms with E-state index < -0.39 is 5.97 Å². The summed E-state index contributed by atoms with van der Waals surface area (Å²) in [5.74, 6) is -0.890. The standard InChI is InChI=1S/C25H22N2O3/c1-17-24(20-12-6-8-14-22(20)26-17)25(29)30-16-23(28)27-21-13-7-5-11-19(21)15-18-9-3-2-4-10-18/h2-14,26H,15-16H2,1H3,(H,27,28). The SMILES string of the molecule is Cc1[nH]c2ccccc2c1C(=O)OCC(=O)Nc1ccccc1Cc1ccccc1. The summed E-state index contributed by atoms with van der Waals surface area (Å²) >= 11 is 0.